The summed E-state index contributed by atoms with van der Waals surface area (Å²) >= 11 is 0. The predicted octanol–water partition coefficient (Wildman–Crippen LogP) is 2.70. The third-order valence-corrected chi connectivity index (χ3v) is 3.74. The molecule has 0 bridgehead atoms. The fourth-order valence-electron chi connectivity index (χ4n) is 2.94. The Morgan fingerprint density at radius 2 is 1.64 bits per heavy atom. The van der Waals surface area contributed by atoms with Crippen molar-refractivity contribution in [3.05, 3.63) is 0 Å². The predicted molar refractivity (Wildman–Crippen MR) is 56.8 cm³/mol. The van der Waals surface area contributed by atoms with Crippen molar-refractivity contribution < 1.29 is 0 Å². The smallest absolute Gasteiger partial charge is 0.0980 e. The van der Waals surface area contributed by atoms with Gasteiger partial charge in [-0.3, -0.25) is 4.90 Å². The second-order valence-electron chi connectivity index (χ2n) is 4.67. The fourth-order valence-corrected chi connectivity index (χ4v) is 2.94. The van der Waals surface area contributed by atoms with Gasteiger partial charge in [0.05, 0.1) is 12.1 Å². The van der Waals surface area contributed by atoms with Crippen molar-refractivity contribution in [2.24, 2.45) is 0 Å². The van der Waals surface area contributed by atoms with Crippen LogP contribution < -0.4 is 0 Å². The molecule has 1 saturated heterocycles. The zero-order valence-electron chi connectivity index (χ0n) is 8.91. The maximum atomic E-state index is 9.10. The van der Waals surface area contributed by atoms with Gasteiger partial charge in [0.15, 0.2) is 0 Å². The van der Waals surface area contributed by atoms with Gasteiger partial charge in [-0.15, -0.1) is 0 Å². The van der Waals surface area contributed by atoms with E-state index in [9.17, 15) is 0 Å². The maximum absolute atomic E-state index is 9.10. The molecule has 0 aromatic heterocycles. The molecule has 0 aromatic carbocycles. The second kappa shape index (κ2) is 4.79. The van der Waals surface area contributed by atoms with Gasteiger partial charge in [0.1, 0.15) is 0 Å². The molecular formula is C12H20N2. The van der Waals surface area contributed by atoms with E-state index in [0.717, 1.165) is 12.5 Å². The van der Waals surface area contributed by atoms with E-state index in [1.54, 1.807) is 0 Å². The zero-order valence-corrected chi connectivity index (χ0v) is 8.91. The van der Waals surface area contributed by atoms with Gasteiger partial charge in [-0.2, -0.15) is 5.26 Å². The average Bonchev–Trinajstić information content (AvgIpc) is 2.30. The molecule has 1 aliphatic heterocycles. The minimum absolute atomic E-state index is 0.229. The summed E-state index contributed by atoms with van der Waals surface area (Å²) in [5.41, 5.74) is 0. The van der Waals surface area contributed by atoms with Crippen LogP contribution in [0, 0.1) is 11.3 Å². The van der Waals surface area contributed by atoms with Crippen LogP contribution in [0.5, 0.6) is 0 Å². The van der Waals surface area contributed by atoms with Crippen molar-refractivity contribution in [1.29, 1.82) is 5.26 Å². The Bertz CT molecular complexity index is 213. The minimum atomic E-state index is 0.229. The van der Waals surface area contributed by atoms with E-state index < -0.39 is 0 Å². The molecule has 1 atom stereocenters. The quantitative estimate of drug-likeness (QED) is 0.638. The highest BCUT2D eigenvalue weighted by Crippen LogP contribution is 2.28. The molecule has 14 heavy (non-hydrogen) atoms. The first-order valence-corrected chi connectivity index (χ1v) is 6.07. The van der Waals surface area contributed by atoms with Crippen LogP contribution in [0.15, 0.2) is 0 Å². The van der Waals surface area contributed by atoms with Crippen molar-refractivity contribution in [2.75, 3.05) is 6.54 Å². The largest absolute Gasteiger partial charge is 0.285 e. The van der Waals surface area contributed by atoms with Crippen molar-refractivity contribution in [1.82, 2.24) is 4.90 Å². The van der Waals surface area contributed by atoms with Gasteiger partial charge in [-0.05, 0) is 38.6 Å². The van der Waals surface area contributed by atoms with Crippen molar-refractivity contribution in [2.45, 2.75) is 63.5 Å². The topological polar surface area (TPSA) is 27.0 Å². The first-order valence-electron chi connectivity index (χ1n) is 6.07. The molecule has 1 saturated carbocycles. The van der Waals surface area contributed by atoms with Gasteiger partial charge < -0.3 is 0 Å². The maximum Gasteiger partial charge on any atom is 0.0980 e. The van der Waals surface area contributed by atoms with Crippen molar-refractivity contribution in [3.8, 4) is 6.07 Å². The van der Waals surface area contributed by atoms with Gasteiger partial charge in [0, 0.05) is 6.04 Å². The molecule has 2 nitrogen and oxygen atoms in total. The lowest BCUT2D eigenvalue weighted by Gasteiger charge is -2.39. The Morgan fingerprint density at radius 3 is 2.36 bits per heavy atom. The zero-order chi connectivity index (χ0) is 9.80. The Balaban J connectivity index is 1.95. The first kappa shape index (κ1) is 9.98. The lowest BCUT2D eigenvalue weighted by atomic mass is 9.91. The standard InChI is InChI=1S/C12H20N2/c13-10-12-8-4-5-9-14(12)11-6-2-1-3-7-11/h11-12H,1-9H2. The van der Waals surface area contributed by atoms with E-state index in [0.29, 0.717) is 0 Å². The summed E-state index contributed by atoms with van der Waals surface area (Å²) < 4.78 is 0. The van der Waals surface area contributed by atoms with E-state index in [1.807, 2.05) is 0 Å². The summed E-state index contributed by atoms with van der Waals surface area (Å²) in [6.07, 6.45) is 10.5. The molecule has 0 spiro atoms. The Kier molecular flexibility index (Phi) is 3.42. The van der Waals surface area contributed by atoms with Crippen LogP contribution in [0.3, 0.4) is 0 Å². The molecule has 1 heterocycles. The van der Waals surface area contributed by atoms with E-state index in [4.69, 9.17) is 5.26 Å². The van der Waals surface area contributed by atoms with E-state index in [1.165, 1.54) is 51.5 Å². The first-order chi connectivity index (χ1) is 6.92. The van der Waals surface area contributed by atoms with Crippen LogP contribution in [0.25, 0.3) is 0 Å². The highest BCUT2D eigenvalue weighted by molar-refractivity contribution is 4.97. The van der Waals surface area contributed by atoms with Crippen LogP contribution >= 0.6 is 0 Å². The third kappa shape index (κ3) is 2.09. The third-order valence-electron chi connectivity index (χ3n) is 3.74. The lowest BCUT2D eigenvalue weighted by molar-refractivity contribution is 0.0990. The van der Waals surface area contributed by atoms with Crippen LogP contribution in [-0.4, -0.2) is 23.5 Å². The fraction of sp³-hybridized carbons (Fsp3) is 0.917. The van der Waals surface area contributed by atoms with Gasteiger partial charge in [-0.1, -0.05) is 19.3 Å². The lowest BCUT2D eigenvalue weighted by Crippen LogP contribution is -2.46. The molecule has 1 aliphatic carbocycles. The van der Waals surface area contributed by atoms with Crippen LogP contribution in [0.2, 0.25) is 0 Å². The van der Waals surface area contributed by atoms with Crippen molar-refractivity contribution in [3.63, 3.8) is 0 Å². The molecule has 2 aliphatic rings. The number of nitrogens with zero attached hydrogens (tertiary/aromatic N) is 2. The van der Waals surface area contributed by atoms with Gasteiger partial charge in [0.25, 0.3) is 0 Å². The summed E-state index contributed by atoms with van der Waals surface area (Å²) in [5, 5.41) is 9.10. The number of piperidine rings is 1. The number of rotatable bonds is 1. The molecule has 0 amide bonds. The summed E-state index contributed by atoms with van der Waals surface area (Å²) in [4.78, 5) is 2.49. The minimum Gasteiger partial charge on any atom is -0.285 e. The van der Waals surface area contributed by atoms with Crippen LogP contribution in [0.4, 0.5) is 0 Å². The Hall–Kier alpha value is -0.550. The Labute approximate surface area is 86.9 Å². The summed E-state index contributed by atoms with van der Waals surface area (Å²) in [6.45, 7) is 1.17. The summed E-state index contributed by atoms with van der Waals surface area (Å²) in [6, 6.07) is 3.44. The Morgan fingerprint density at radius 1 is 0.929 bits per heavy atom. The summed E-state index contributed by atoms with van der Waals surface area (Å²) in [7, 11) is 0. The molecule has 1 unspecified atom stereocenters. The highest BCUT2D eigenvalue weighted by Gasteiger charge is 2.29. The molecule has 78 valence electrons. The number of nitriles is 1. The highest BCUT2D eigenvalue weighted by atomic mass is 15.2. The summed E-state index contributed by atoms with van der Waals surface area (Å²) in [5.74, 6) is 0. The molecule has 0 N–H and O–H groups in total. The van der Waals surface area contributed by atoms with E-state index in [-0.39, 0.29) is 6.04 Å². The molecule has 2 heteroatoms. The molecule has 0 aromatic rings. The van der Waals surface area contributed by atoms with Gasteiger partial charge in [-0.25, -0.2) is 0 Å². The normalized spacial score (nSPS) is 31.2. The molecular weight excluding hydrogens is 172 g/mol. The number of hydrogen-bond donors (Lipinski definition) is 0. The van der Waals surface area contributed by atoms with Crippen LogP contribution in [0.1, 0.15) is 51.4 Å². The molecule has 0 radical (unpaired) electrons. The second-order valence-corrected chi connectivity index (χ2v) is 4.67. The molecule has 2 rings (SSSR count). The van der Waals surface area contributed by atoms with Crippen LogP contribution in [-0.2, 0) is 0 Å². The van der Waals surface area contributed by atoms with Crippen molar-refractivity contribution >= 4 is 0 Å². The molecule has 2 fully saturated rings. The van der Waals surface area contributed by atoms with Gasteiger partial charge >= 0.3 is 0 Å². The average molecular weight is 192 g/mol. The SMILES string of the molecule is N#CC1CCCCN1C1CCCCC1. The number of hydrogen-bond acceptors (Lipinski definition) is 2. The monoisotopic (exact) mass is 192 g/mol. The van der Waals surface area contributed by atoms with Gasteiger partial charge in [0.2, 0.25) is 0 Å². The van der Waals surface area contributed by atoms with E-state index in [2.05, 4.69) is 11.0 Å². The van der Waals surface area contributed by atoms with E-state index >= 15 is 0 Å². The number of likely N-dealkylation sites (tertiary alicyclic amines) is 1.